The molecular weight excluding hydrogens is 156 g/mol. The van der Waals surface area contributed by atoms with Crippen molar-refractivity contribution in [2.24, 2.45) is 5.73 Å². The van der Waals surface area contributed by atoms with Gasteiger partial charge in [0.1, 0.15) is 0 Å². The lowest BCUT2D eigenvalue weighted by molar-refractivity contribution is 0.500. The number of H-pyrrole nitrogens is 1. The fourth-order valence-corrected chi connectivity index (χ4v) is 1.48. The number of piperidine rings is 1. The molecule has 1 aromatic rings. The lowest BCUT2D eigenvalue weighted by atomic mass is 10.1. The van der Waals surface area contributed by atoms with Crippen LogP contribution in [0.4, 0.5) is 5.95 Å². The van der Waals surface area contributed by atoms with E-state index in [1.807, 2.05) is 0 Å². The molecule has 0 unspecified atom stereocenters. The van der Waals surface area contributed by atoms with Crippen molar-refractivity contribution in [1.82, 2.24) is 20.6 Å². The Kier molecular flexibility index (Phi) is 1.91. The summed E-state index contributed by atoms with van der Waals surface area (Å²) in [5.74, 6) is 0.658. The minimum Gasteiger partial charge on any atom is -0.337 e. The third-order valence-electron chi connectivity index (χ3n) is 2.07. The Labute approximate surface area is 70.1 Å². The summed E-state index contributed by atoms with van der Waals surface area (Å²) in [4.78, 5) is 2.05. The number of anilines is 1. The monoisotopic (exact) mass is 168 g/mol. The number of nitrogens with one attached hydrogen (secondary N) is 1. The van der Waals surface area contributed by atoms with Gasteiger partial charge >= 0.3 is 0 Å². The highest BCUT2D eigenvalue weighted by molar-refractivity contribution is 5.27. The topological polar surface area (TPSA) is 83.7 Å². The average Bonchev–Trinajstić information content (AvgIpc) is 2.56. The summed E-state index contributed by atoms with van der Waals surface area (Å²) in [5, 5.41) is 13.7. The molecule has 0 aliphatic carbocycles. The van der Waals surface area contributed by atoms with Gasteiger partial charge in [0.2, 0.25) is 0 Å². The van der Waals surface area contributed by atoms with Crippen molar-refractivity contribution in [2.45, 2.75) is 18.9 Å². The SMILES string of the molecule is N[C@@H]1CCCN(c2nn[nH]n2)C1. The van der Waals surface area contributed by atoms with E-state index in [1.165, 1.54) is 0 Å². The van der Waals surface area contributed by atoms with Crippen molar-refractivity contribution in [3.8, 4) is 0 Å². The van der Waals surface area contributed by atoms with Crippen LogP contribution in [-0.2, 0) is 0 Å². The number of nitrogens with two attached hydrogens (primary N) is 1. The van der Waals surface area contributed by atoms with Crippen LogP contribution in [0.15, 0.2) is 0 Å². The first-order chi connectivity index (χ1) is 5.86. The molecule has 12 heavy (non-hydrogen) atoms. The van der Waals surface area contributed by atoms with Crippen LogP contribution in [0.3, 0.4) is 0 Å². The molecule has 1 atom stereocenters. The van der Waals surface area contributed by atoms with Gasteiger partial charge in [-0.15, -0.1) is 5.10 Å². The summed E-state index contributed by atoms with van der Waals surface area (Å²) < 4.78 is 0. The molecule has 6 nitrogen and oxygen atoms in total. The zero-order valence-electron chi connectivity index (χ0n) is 6.77. The summed E-state index contributed by atoms with van der Waals surface area (Å²) in [6.45, 7) is 1.81. The maximum absolute atomic E-state index is 5.80. The van der Waals surface area contributed by atoms with E-state index in [4.69, 9.17) is 5.73 Å². The number of rotatable bonds is 1. The highest BCUT2D eigenvalue weighted by Crippen LogP contribution is 2.12. The molecule has 66 valence electrons. The maximum Gasteiger partial charge on any atom is 0.265 e. The smallest absolute Gasteiger partial charge is 0.265 e. The first kappa shape index (κ1) is 7.48. The zero-order valence-corrected chi connectivity index (χ0v) is 6.77. The zero-order chi connectivity index (χ0) is 8.39. The normalized spacial score (nSPS) is 24.4. The molecule has 0 radical (unpaired) electrons. The summed E-state index contributed by atoms with van der Waals surface area (Å²) in [6, 6.07) is 0.247. The van der Waals surface area contributed by atoms with E-state index in [0.29, 0.717) is 5.95 Å². The predicted molar refractivity (Wildman–Crippen MR) is 43.6 cm³/mol. The minimum absolute atomic E-state index is 0.247. The van der Waals surface area contributed by atoms with Gasteiger partial charge in [0.05, 0.1) is 0 Å². The summed E-state index contributed by atoms with van der Waals surface area (Å²) in [6.07, 6.45) is 2.20. The van der Waals surface area contributed by atoms with E-state index in [1.54, 1.807) is 0 Å². The fraction of sp³-hybridized carbons (Fsp3) is 0.833. The number of aromatic amines is 1. The van der Waals surface area contributed by atoms with Gasteiger partial charge in [-0.3, -0.25) is 0 Å². The Morgan fingerprint density at radius 3 is 3.17 bits per heavy atom. The molecule has 1 aliphatic rings. The minimum atomic E-state index is 0.247. The van der Waals surface area contributed by atoms with E-state index in [0.717, 1.165) is 25.9 Å². The summed E-state index contributed by atoms with van der Waals surface area (Å²) >= 11 is 0. The van der Waals surface area contributed by atoms with Crippen molar-refractivity contribution >= 4 is 5.95 Å². The third-order valence-corrected chi connectivity index (χ3v) is 2.07. The van der Waals surface area contributed by atoms with Crippen molar-refractivity contribution in [1.29, 1.82) is 0 Å². The first-order valence-corrected chi connectivity index (χ1v) is 4.10. The van der Waals surface area contributed by atoms with Gasteiger partial charge in [0.15, 0.2) is 0 Å². The van der Waals surface area contributed by atoms with E-state index in [2.05, 4.69) is 25.5 Å². The number of aromatic nitrogens is 4. The summed E-state index contributed by atoms with van der Waals surface area (Å²) in [7, 11) is 0. The average molecular weight is 168 g/mol. The summed E-state index contributed by atoms with van der Waals surface area (Å²) in [5.41, 5.74) is 5.80. The third kappa shape index (κ3) is 1.38. The largest absolute Gasteiger partial charge is 0.337 e. The number of hydrogen-bond acceptors (Lipinski definition) is 5. The lowest BCUT2D eigenvalue weighted by Gasteiger charge is -2.29. The van der Waals surface area contributed by atoms with E-state index in [9.17, 15) is 0 Å². The second kappa shape index (κ2) is 3.06. The maximum atomic E-state index is 5.80. The van der Waals surface area contributed by atoms with Crippen LogP contribution >= 0.6 is 0 Å². The molecular formula is C6H12N6. The Balaban J connectivity index is 2.04. The Morgan fingerprint density at radius 2 is 2.50 bits per heavy atom. The molecule has 2 rings (SSSR count). The van der Waals surface area contributed by atoms with E-state index in [-0.39, 0.29) is 6.04 Å². The fourth-order valence-electron chi connectivity index (χ4n) is 1.48. The standard InChI is InChI=1S/C6H12N6/c7-5-2-1-3-12(4-5)6-8-10-11-9-6/h5H,1-4,7H2,(H,8,9,10,11)/t5-/m1/s1. The van der Waals surface area contributed by atoms with Crippen LogP contribution in [0.25, 0.3) is 0 Å². The molecule has 2 heterocycles. The molecule has 0 saturated carbocycles. The quantitative estimate of drug-likeness (QED) is 0.569. The molecule has 1 fully saturated rings. The molecule has 6 heteroatoms. The molecule has 1 aromatic heterocycles. The Morgan fingerprint density at radius 1 is 1.58 bits per heavy atom. The molecule has 3 N–H and O–H groups in total. The van der Waals surface area contributed by atoms with Crippen molar-refractivity contribution < 1.29 is 0 Å². The van der Waals surface area contributed by atoms with Crippen molar-refractivity contribution in [2.75, 3.05) is 18.0 Å². The molecule has 0 aromatic carbocycles. The molecule has 0 spiro atoms. The molecule has 0 bridgehead atoms. The van der Waals surface area contributed by atoms with E-state index >= 15 is 0 Å². The van der Waals surface area contributed by atoms with Gasteiger partial charge in [-0.25, -0.2) is 0 Å². The van der Waals surface area contributed by atoms with Crippen LogP contribution in [0, 0.1) is 0 Å². The van der Waals surface area contributed by atoms with Gasteiger partial charge in [0.25, 0.3) is 5.95 Å². The van der Waals surface area contributed by atoms with Crippen molar-refractivity contribution in [3.05, 3.63) is 0 Å². The number of tetrazole rings is 1. The van der Waals surface area contributed by atoms with Crippen LogP contribution in [0.5, 0.6) is 0 Å². The van der Waals surface area contributed by atoms with Gasteiger partial charge in [-0.05, 0) is 18.1 Å². The number of nitrogens with zero attached hydrogens (tertiary/aromatic N) is 4. The van der Waals surface area contributed by atoms with Crippen molar-refractivity contribution in [3.63, 3.8) is 0 Å². The second-order valence-electron chi connectivity index (χ2n) is 3.06. The Hall–Kier alpha value is -1.17. The Bertz CT molecular complexity index is 232. The van der Waals surface area contributed by atoms with Crippen LogP contribution in [0.1, 0.15) is 12.8 Å². The number of hydrogen-bond donors (Lipinski definition) is 2. The predicted octanol–water partition coefficient (Wildman–Crippen LogP) is -0.873. The lowest BCUT2D eigenvalue weighted by Crippen LogP contribution is -2.43. The molecule has 1 saturated heterocycles. The van der Waals surface area contributed by atoms with Crippen LogP contribution in [-0.4, -0.2) is 39.8 Å². The molecule has 1 aliphatic heterocycles. The van der Waals surface area contributed by atoms with Gasteiger partial charge in [0, 0.05) is 19.1 Å². The first-order valence-electron chi connectivity index (χ1n) is 4.10. The highest BCUT2D eigenvalue weighted by Gasteiger charge is 2.19. The van der Waals surface area contributed by atoms with Gasteiger partial charge in [-0.2, -0.15) is 5.21 Å². The molecule has 0 amide bonds. The second-order valence-corrected chi connectivity index (χ2v) is 3.06. The highest BCUT2D eigenvalue weighted by atomic mass is 15.5. The van der Waals surface area contributed by atoms with Crippen LogP contribution < -0.4 is 10.6 Å². The van der Waals surface area contributed by atoms with Crippen LogP contribution in [0.2, 0.25) is 0 Å². The van der Waals surface area contributed by atoms with Gasteiger partial charge < -0.3 is 10.6 Å². The van der Waals surface area contributed by atoms with Gasteiger partial charge in [-0.1, -0.05) is 5.10 Å². The van der Waals surface area contributed by atoms with E-state index < -0.39 is 0 Å².